The molecule has 0 bridgehead atoms. The first-order valence-electron chi connectivity index (χ1n) is 7.08. The number of ether oxygens (including phenoxy) is 1. The fourth-order valence-electron chi connectivity index (χ4n) is 1.71. The van der Waals surface area contributed by atoms with Crippen LogP contribution in [-0.2, 0) is 4.74 Å². The van der Waals surface area contributed by atoms with Gasteiger partial charge >= 0.3 is 5.97 Å². The normalized spacial score (nSPS) is 9.71. The van der Waals surface area contributed by atoms with Crippen LogP contribution in [0.5, 0.6) is 0 Å². The maximum Gasteiger partial charge on any atom is 0.356 e. The molecule has 2 heterocycles. The summed E-state index contributed by atoms with van der Waals surface area (Å²) in [5.74, 6) is 0.575. The van der Waals surface area contributed by atoms with Crippen LogP contribution in [-0.4, -0.2) is 34.0 Å². The maximum atomic E-state index is 10.9. The number of aromatic amines is 1. The van der Waals surface area contributed by atoms with Crippen LogP contribution >= 0.6 is 0 Å². The molecule has 0 aliphatic rings. The average molecular weight is 328 g/mol. The van der Waals surface area contributed by atoms with Gasteiger partial charge in [-0.25, -0.2) is 9.78 Å². The molecule has 0 amide bonds. The van der Waals surface area contributed by atoms with E-state index in [-0.39, 0.29) is 17.3 Å². The highest BCUT2D eigenvalue weighted by Crippen LogP contribution is 2.17. The molecule has 2 aromatic heterocycles. The quantitative estimate of drug-likeness (QED) is 0.556. The Morgan fingerprint density at radius 1 is 1.38 bits per heavy atom. The van der Waals surface area contributed by atoms with Gasteiger partial charge in [0.05, 0.1) is 12.8 Å². The predicted molar refractivity (Wildman–Crippen MR) is 86.3 cm³/mol. The Balaban J connectivity index is 0.000000177. The van der Waals surface area contributed by atoms with Crippen LogP contribution in [0.25, 0.3) is 11.5 Å². The fraction of sp³-hybridized carbons (Fsp3) is 0.125. The van der Waals surface area contributed by atoms with Crippen molar-refractivity contribution < 1.29 is 18.7 Å². The number of aldehydes is 1. The van der Waals surface area contributed by atoms with Gasteiger partial charge in [-0.15, -0.1) is 0 Å². The third-order valence-electron chi connectivity index (χ3n) is 2.75. The van der Waals surface area contributed by atoms with Crippen molar-refractivity contribution in [2.75, 3.05) is 12.3 Å². The van der Waals surface area contributed by atoms with E-state index >= 15 is 0 Å². The minimum Gasteiger partial charge on any atom is -0.461 e. The SMILES string of the molecule is CCOC(=O)c1cc(N)n[nH]1.O=Cc1cnc(-c2ccccc2)o1. The zero-order chi connectivity index (χ0) is 17.4. The van der Waals surface area contributed by atoms with Crippen LogP contribution < -0.4 is 5.73 Å². The molecule has 0 aliphatic heterocycles. The lowest BCUT2D eigenvalue weighted by Crippen LogP contribution is -2.04. The smallest absolute Gasteiger partial charge is 0.356 e. The number of rotatable bonds is 4. The number of carbonyl (C=O) groups is 2. The predicted octanol–water partition coefficient (Wildman–Crippen LogP) is 2.32. The monoisotopic (exact) mass is 328 g/mol. The number of esters is 1. The third kappa shape index (κ3) is 4.54. The van der Waals surface area contributed by atoms with Crippen molar-refractivity contribution in [2.24, 2.45) is 0 Å². The third-order valence-corrected chi connectivity index (χ3v) is 2.75. The number of nitrogen functional groups attached to an aromatic ring is 1. The Morgan fingerprint density at radius 3 is 2.67 bits per heavy atom. The summed E-state index contributed by atoms with van der Waals surface area (Å²) in [5.41, 5.74) is 6.42. The standard InChI is InChI=1S/C10H7NO2.C6H9N3O2/c12-7-9-6-11-10(13-9)8-4-2-1-3-5-8;1-2-11-6(10)4-3-5(7)9-8-4/h1-7H;3H,2H2,1H3,(H3,7,8,9). The number of anilines is 1. The minimum absolute atomic E-state index is 0.249. The summed E-state index contributed by atoms with van der Waals surface area (Å²) in [6.45, 7) is 2.08. The van der Waals surface area contributed by atoms with Gasteiger partial charge in [-0.1, -0.05) is 18.2 Å². The highest BCUT2D eigenvalue weighted by atomic mass is 16.5. The van der Waals surface area contributed by atoms with Gasteiger partial charge in [-0.2, -0.15) is 5.10 Å². The molecule has 0 spiro atoms. The molecule has 124 valence electrons. The van der Waals surface area contributed by atoms with Crippen LogP contribution in [0.15, 0.2) is 47.0 Å². The molecule has 3 aromatic rings. The lowest BCUT2D eigenvalue weighted by molar-refractivity contribution is 0.0519. The second kappa shape index (κ2) is 8.28. The van der Waals surface area contributed by atoms with Gasteiger partial charge in [0.25, 0.3) is 0 Å². The van der Waals surface area contributed by atoms with Crippen molar-refractivity contribution >= 4 is 18.1 Å². The second-order valence-corrected chi connectivity index (χ2v) is 4.48. The number of nitrogens with two attached hydrogens (primary N) is 1. The van der Waals surface area contributed by atoms with Crippen molar-refractivity contribution in [1.82, 2.24) is 15.2 Å². The molecule has 3 rings (SSSR count). The van der Waals surface area contributed by atoms with Gasteiger partial charge in [0.2, 0.25) is 5.89 Å². The number of nitrogens with zero attached hydrogens (tertiary/aromatic N) is 2. The number of benzene rings is 1. The largest absolute Gasteiger partial charge is 0.461 e. The van der Waals surface area contributed by atoms with Gasteiger partial charge in [0, 0.05) is 11.6 Å². The molecule has 0 saturated heterocycles. The average Bonchev–Trinajstić information content (AvgIpc) is 3.25. The molecule has 0 fully saturated rings. The molecule has 8 nitrogen and oxygen atoms in total. The molecule has 8 heteroatoms. The van der Waals surface area contributed by atoms with Gasteiger partial charge in [0.1, 0.15) is 11.5 Å². The number of oxazole rings is 1. The van der Waals surface area contributed by atoms with Crippen LogP contribution in [0.3, 0.4) is 0 Å². The minimum atomic E-state index is -0.434. The lowest BCUT2D eigenvalue weighted by Gasteiger charge is -1.95. The molecule has 0 saturated carbocycles. The van der Waals surface area contributed by atoms with E-state index in [0.717, 1.165) is 5.56 Å². The molecule has 24 heavy (non-hydrogen) atoms. The first-order valence-corrected chi connectivity index (χ1v) is 7.08. The van der Waals surface area contributed by atoms with Crippen molar-refractivity contribution in [3.8, 4) is 11.5 Å². The summed E-state index contributed by atoms with van der Waals surface area (Å²) in [5, 5.41) is 6.01. The van der Waals surface area contributed by atoms with Crippen LogP contribution in [0.1, 0.15) is 28.0 Å². The molecule has 0 aliphatic carbocycles. The Kier molecular flexibility index (Phi) is 5.84. The van der Waals surface area contributed by atoms with Crippen molar-refractivity contribution in [3.05, 3.63) is 54.0 Å². The van der Waals surface area contributed by atoms with E-state index in [1.165, 1.54) is 12.3 Å². The zero-order valence-electron chi connectivity index (χ0n) is 12.9. The maximum absolute atomic E-state index is 10.9. The van der Waals surface area contributed by atoms with Gasteiger partial charge in [-0.05, 0) is 19.1 Å². The van der Waals surface area contributed by atoms with Crippen LogP contribution in [0, 0.1) is 0 Å². The Bertz CT molecular complexity index is 795. The van der Waals surface area contributed by atoms with E-state index in [4.69, 9.17) is 10.2 Å². The Labute approximate surface area is 137 Å². The van der Waals surface area contributed by atoms with E-state index in [1.807, 2.05) is 30.3 Å². The zero-order valence-corrected chi connectivity index (χ0v) is 12.9. The first kappa shape index (κ1) is 16.9. The lowest BCUT2D eigenvalue weighted by atomic mass is 10.2. The molecule has 3 N–H and O–H groups in total. The number of nitrogens with one attached hydrogen (secondary N) is 1. The van der Waals surface area contributed by atoms with E-state index in [2.05, 4.69) is 19.9 Å². The van der Waals surface area contributed by atoms with E-state index in [9.17, 15) is 9.59 Å². The van der Waals surface area contributed by atoms with Crippen molar-refractivity contribution in [3.63, 3.8) is 0 Å². The highest BCUT2D eigenvalue weighted by Gasteiger charge is 2.08. The summed E-state index contributed by atoms with van der Waals surface area (Å²) >= 11 is 0. The fourth-order valence-corrected chi connectivity index (χ4v) is 1.71. The molecular weight excluding hydrogens is 312 g/mol. The number of hydrogen-bond donors (Lipinski definition) is 2. The molecule has 0 radical (unpaired) electrons. The van der Waals surface area contributed by atoms with E-state index < -0.39 is 5.97 Å². The van der Waals surface area contributed by atoms with Gasteiger partial charge in [0.15, 0.2) is 12.0 Å². The molecular formula is C16H16N4O4. The van der Waals surface area contributed by atoms with Crippen LogP contribution in [0.2, 0.25) is 0 Å². The van der Waals surface area contributed by atoms with Gasteiger partial charge in [-0.3, -0.25) is 9.89 Å². The van der Waals surface area contributed by atoms with E-state index in [0.29, 0.717) is 18.8 Å². The molecule has 0 atom stereocenters. The topological polar surface area (TPSA) is 124 Å². The number of hydrogen-bond acceptors (Lipinski definition) is 7. The highest BCUT2D eigenvalue weighted by molar-refractivity contribution is 5.87. The Morgan fingerprint density at radius 2 is 2.12 bits per heavy atom. The van der Waals surface area contributed by atoms with Gasteiger partial charge < -0.3 is 14.9 Å². The number of H-pyrrole nitrogens is 1. The second-order valence-electron chi connectivity index (χ2n) is 4.48. The summed E-state index contributed by atoms with van der Waals surface area (Å²) in [6, 6.07) is 10.9. The summed E-state index contributed by atoms with van der Waals surface area (Å²) in [6.07, 6.45) is 2.05. The summed E-state index contributed by atoms with van der Waals surface area (Å²) in [4.78, 5) is 25.2. The Hall–Kier alpha value is -3.42. The molecule has 0 unspecified atom stereocenters. The molecule has 1 aromatic carbocycles. The first-order chi connectivity index (χ1) is 11.6. The van der Waals surface area contributed by atoms with Crippen LogP contribution in [0.4, 0.5) is 5.82 Å². The summed E-state index contributed by atoms with van der Waals surface area (Å²) < 4.78 is 9.82. The summed E-state index contributed by atoms with van der Waals surface area (Å²) in [7, 11) is 0. The number of aromatic nitrogens is 3. The van der Waals surface area contributed by atoms with Crippen molar-refractivity contribution in [1.29, 1.82) is 0 Å². The van der Waals surface area contributed by atoms with E-state index in [1.54, 1.807) is 6.92 Å². The van der Waals surface area contributed by atoms with Crippen molar-refractivity contribution in [2.45, 2.75) is 6.92 Å². The number of carbonyl (C=O) groups excluding carboxylic acids is 2.